The van der Waals surface area contributed by atoms with Gasteiger partial charge in [-0.25, -0.2) is 4.98 Å². The average Bonchev–Trinajstić information content (AvgIpc) is 2.85. The maximum absolute atomic E-state index is 12.2. The van der Waals surface area contributed by atoms with E-state index in [0.29, 0.717) is 5.69 Å². The second kappa shape index (κ2) is 6.28. The molecule has 108 valence electrons. The molecular weight excluding hydrogens is 274 g/mol. The van der Waals surface area contributed by atoms with Gasteiger partial charge in [0.15, 0.2) is 0 Å². The fourth-order valence-electron chi connectivity index (χ4n) is 2.07. The maximum atomic E-state index is 12.2. The highest BCUT2D eigenvalue weighted by molar-refractivity contribution is 7.99. The minimum atomic E-state index is -0.215. The highest BCUT2D eigenvalue weighted by atomic mass is 32.2. The molecule has 0 fully saturated rings. The van der Waals surface area contributed by atoms with Crippen LogP contribution < -0.4 is 5.32 Å². The molecule has 0 saturated carbocycles. The normalized spacial score (nSPS) is 14.2. The maximum Gasteiger partial charge on any atom is 0.271 e. The summed E-state index contributed by atoms with van der Waals surface area (Å²) in [7, 11) is 0. The van der Waals surface area contributed by atoms with E-state index in [2.05, 4.69) is 10.3 Å². The van der Waals surface area contributed by atoms with Crippen LogP contribution in [-0.4, -0.2) is 44.6 Å². The van der Waals surface area contributed by atoms with E-state index >= 15 is 0 Å². The van der Waals surface area contributed by atoms with Crippen LogP contribution in [0.25, 0.3) is 5.65 Å². The highest BCUT2D eigenvalue weighted by Crippen LogP contribution is 2.12. The summed E-state index contributed by atoms with van der Waals surface area (Å²) < 4.78 is 1.89. The summed E-state index contributed by atoms with van der Waals surface area (Å²) in [5, 5.41) is 12.1. The van der Waals surface area contributed by atoms with Crippen LogP contribution in [0, 0.1) is 6.92 Å². The fraction of sp³-hybridized carbons (Fsp3) is 0.429. The number of hydrogen-bond donors (Lipinski definition) is 2. The molecule has 1 amide bonds. The van der Waals surface area contributed by atoms with Crippen LogP contribution in [0.1, 0.15) is 23.1 Å². The minimum absolute atomic E-state index is 0.0160. The molecule has 0 spiro atoms. The Kier molecular flexibility index (Phi) is 4.67. The molecule has 2 aromatic rings. The van der Waals surface area contributed by atoms with Gasteiger partial charge < -0.3 is 14.8 Å². The van der Waals surface area contributed by atoms with Crippen molar-refractivity contribution in [3.8, 4) is 0 Å². The molecule has 6 heteroatoms. The summed E-state index contributed by atoms with van der Waals surface area (Å²) in [6, 6.07) is 5.63. The third kappa shape index (κ3) is 2.96. The smallest absolute Gasteiger partial charge is 0.271 e. The number of aryl methyl sites for hydroxylation is 1. The number of nitrogens with zero attached hydrogens (tertiary/aromatic N) is 2. The van der Waals surface area contributed by atoms with Gasteiger partial charge in [0.25, 0.3) is 5.91 Å². The first-order chi connectivity index (χ1) is 9.56. The lowest BCUT2D eigenvalue weighted by molar-refractivity contribution is 0.0931. The Balaban J connectivity index is 2.17. The van der Waals surface area contributed by atoms with Crippen molar-refractivity contribution in [2.24, 2.45) is 0 Å². The zero-order chi connectivity index (χ0) is 14.7. The Bertz CT molecular complexity index is 607. The predicted octanol–water partition coefficient (Wildman–Crippen LogP) is 1.48. The summed E-state index contributed by atoms with van der Waals surface area (Å²) in [5.41, 5.74) is 2.18. The summed E-state index contributed by atoms with van der Waals surface area (Å²) in [6.45, 7) is 3.89. The van der Waals surface area contributed by atoms with Gasteiger partial charge in [-0.15, -0.1) is 0 Å². The number of aliphatic hydroxyl groups is 1. The molecular formula is C14H19N3O2S. The Morgan fingerprint density at radius 1 is 1.55 bits per heavy atom. The van der Waals surface area contributed by atoms with Crippen LogP contribution in [0.5, 0.6) is 0 Å². The van der Waals surface area contributed by atoms with Crippen LogP contribution in [0.3, 0.4) is 0 Å². The van der Waals surface area contributed by atoms with E-state index in [1.807, 2.05) is 42.7 Å². The first kappa shape index (κ1) is 14.9. The standard InChI is InChI=1S/C14H19N3O2S/c1-9-5-4-6-13-16-11(7-17(9)13)14(19)15-10(2)12(8-18)20-3/h4-7,10,12,18H,8H2,1-3H3,(H,15,19). The molecule has 0 aromatic carbocycles. The topological polar surface area (TPSA) is 66.6 Å². The van der Waals surface area contributed by atoms with Gasteiger partial charge in [-0.2, -0.15) is 11.8 Å². The molecule has 0 radical (unpaired) electrons. The number of aromatic nitrogens is 2. The number of nitrogens with one attached hydrogen (secondary N) is 1. The van der Waals surface area contributed by atoms with E-state index in [-0.39, 0.29) is 23.8 Å². The second-order valence-electron chi connectivity index (χ2n) is 4.74. The first-order valence-corrected chi connectivity index (χ1v) is 7.75. The van der Waals surface area contributed by atoms with Crippen molar-refractivity contribution in [1.82, 2.24) is 14.7 Å². The molecule has 2 atom stereocenters. The molecule has 2 unspecified atom stereocenters. The quantitative estimate of drug-likeness (QED) is 0.876. The van der Waals surface area contributed by atoms with Crippen molar-refractivity contribution < 1.29 is 9.90 Å². The molecule has 0 aliphatic heterocycles. The van der Waals surface area contributed by atoms with Gasteiger partial charge in [0, 0.05) is 23.2 Å². The monoisotopic (exact) mass is 293 g/mol. The van der Waals surface area contributed by atoms with Crippen LogP contribution >= 0.6 is 11.8 Å². The number of amides is 1. The molecule has 2 heterocycles. The molecule has 0 aliphatic carbocycles. The van der Waals surface area contributed by atoms with Crippen molar-refractivity contribution in [2.45, 2.75) is 25.1 Å². The lowest BCUT2D eigenvalue weighted by atomic mass is 10.2. The van der Waals surface area contributed by atoms with Crippen LogP contribution in [-0.2, 0) is 0 Å². The van der Waals surface area contributed by atoms with Gasteiger partial charge in [0.1, 0.15) is 11.3 Å². The molecule has 0 bridgehead atoms. The summed E-state index contributed by atoms with van der Waals surface area (Å²) in [6.07, 6.45) is 3.65. The van der Waals surface area contributed by atoms with E-state index in [9.17, 15) is 9.90 Å². The first-order valence-electron chi connectivity index (χ1n) is 6.46. The van der Waals surface area contributed by atoms with Gasteiger partial charge in [-0.3, -0.25) is 4.79 Å². The number of pyridine rings is 1. The largest absolute Gasteiger partial charge is 0.395 e. The summed E-state index contributed by atoms with van der Waals surface area (Å²) in [4.78, 5) is 16.5. The van der Waals surface area contributed by atoms with Crippen molar-refractivity contribution in [2.75, 3.05) is 12.9 Å². The third-order valence-corrected chi connectivity index (χ3v) is 4.49. The SMILES string of the molecule is CSC(CO)C(C)NC(=O)c1cn2c(C)cccc2n1. The molecule has 0 saturated heterocycles. The number of thioether (sulfide) groups is 1. The van der Waals surface area contributed by atoms with Crippen LogP contribution in [0.4, 0.5) is 0 Å². The minimum Gasteiger partial charge on any atom is -0.395 e. The molecule has 5 nitrogen and oxygen atoms in total. The van der Waals surface area contributed by atoms with Gasteiger partial charge in [-0.1, -0.05) is 6.07 Å². The average molecular weight is 293 g/mol. The Labute approximate surface area is 122 Å². The Morgan fingerprint density at radius 2 is 2.30 bits per heavy atom. The van der Waals surface area contributed by atoms with E-state index in [4.69, 9.17) is 0 Å². The summed E-state index contributed by atoms with van der Waals surface area (Å²) >= 11 is 1.53. The number of carbonyl (C=O) groups excluding carboxylic acids is 1. The predicted molar refractivity (Wildman–Crippen MR) is 81.2 cm³/mol. The number of fused-ring (bicyclic) bond motifs is 1. The highest BCUT2D eigenvalue weighted by Gasteiger charge is 2.19. The zero-order valence-electron chi connectivity index (χ0n) is 11.8. The van der Waals surface area contributed by atoms with Gasteiger partial charge in [0.05, 0.1) is 6.61 Å². The second-order valence-corrected chi connectivity index (χ2v) is 5.82. The van der Waals surface area contributed by atoms with E-state index in [1.54, 1.807) is 6.20 Å². The number of aliphatic hydroxyl groups excluding tert-OH is 1. The molecule has 2 rings (SSSR count). The lowest BCUT2D eigenvalue weighted by Crippen LogP contribution is -2.41. The van der Waals surface area contributed by atoms with Crippen molar-refractivity contribution >= 4 is 23.3 Å². The number of rotatable bonds is 5. The van der Waals surface area contributed by atoms with Crippen molar-refractivity contribution in [3.05, 3.63) is 35.8 Å². The van der Waals surface area contributed by atoms with Gasteiger partial charge >= 0.3 is 0 Å². The van der Waals surface area contributed by atoms with Crippen LogP contribution in [0.2, 0.25) is 0 Å². The zero-order valence-corrected chi connectivity index (χ0v) is 12.6. The van der Waals surface area contributed by atoms with Crippen molar-refractivity contribution in [3.63, 3.8) is 0 Å². The van der Waals surface area contributed by atoms with E-state index in [1.165, 1.54) is 11.8 Å². The molecule has 0 aliphatic rings. The molecule has 20 heavy (non-hydrogen) atoms. The molecule has 2 aromatic heterocycles. The van der Waals surface area contributed by atoms with Gasteiger partial charge in [-0.05, 0) is 32.2 Å². The van der Waals surface area contributed by atoms with E-state index < -0.39 is 0 Å². The van der Waals surface area contributed by atoms with Crippen molar-refractivity contribution in [1.29, 1.82) is 0 Å². The Morgan fingerprint density at radius 3 is 2.90 bits per heavy atom. The third-order valence-electron chi connectivity index (χ3n) is 3.33. The van der Waals surface area contributed by atoms with Gasteiger partial charge in [0.2, 0.25) is 0 Å². The lowest BCUT2D eigenvalue weighted by Gasteiger charge is -2.20. The number of imidazole rings is 1. The summed E-state index contributed by atoms with van der Waals surface area (Å²) in [5.74, 6) is -0.215. The number of carbonyl (C=O) groups is 1. The number of hydrogen-bond acceptors (Lipinski definition) is 4. The van der Waals surface area contributed by atoms with E-state index in [0.717, 1.165) is 11.3 Å². The Hall–Kier alpha value is -1.53. The molecule has 2 N–H and O–H groups in total. The van der Waals surface area contributed by atoms with Crippen LogP contribution in [0.15, 0.2) is 24.4 Å². The fourth-order valence-corrected chi connectivity index (χ4v) is 2.69.